The molecule has 1 aromatic rings. The Morgan fingerprint density at radius 3 is 2.84 bits per heavy atom. The monoisotopic (exact) mass is 326 g/mol. The lowest BCUT2D eigenvalue weighted by Gasteiger charge is -2.27. The van der Waals surface area contributed by atoms with Crippen LogP contribution in [0, 0.1) is 5.92 Å². The molecule has 2 atom stereocenters. The molecule has 2 unspecified atom stereocenters. The van der Waals surface area contributed by atoms with E-state index in [0.29, 0.717) is 11.8 Å². The Labute approximate surface area is 151 Å². The molecule has 0 fully saturated rings. The van der Waals surface area contributed by atoms with Gasteiger partial charge in [-0.2, -0.15) is 0 Å². The Morgan fingerprint density at radius 1 is 1.00 bits per heavy atom. The molecular weight excluding hydrogens is 300 g/mol. The van der Waals surface area contributed by atoms with Crippen molar-refractivity contribution in [2.24, 2.45) is 5.92 Å². The highest BCUT2D eigenvalue weighted by molar-refractivity contribution is 5.62. The third kappa shape index (κ3) is 2.51. The Kier molecular flexibility index (Phi) is 3.66. The molecule has 0 N–H and O–H groups in total. The van der Waals surface area contributed by atoms with Gasteiger partial charge in [-0.3, -0.25) is 0 Å². The molecule has 1 aromatic carbocycles. The fraction of sp³-hybridized carbons (Fsp3) is 0.360. The van der Waals surface area contributed by atoms with E-state index in [-0.39, 0.29) is 0 Å². The maximum Gasteiger partial charge on any atom is 0.0242 e. The van der Waals surface area contributed by atoms with Gasteiger partial charge in [0, 0.05) is 11.8 Å². The van der Waals surface area contributed by atoms with Crippen molar-refractivity contribution >= 4 is 6.08 Å². The molecular formula is C25H26. The fourth-order valence-corrected chi connectivity index (χ4v) is 5.25. The van der Waals surface area contributed by atoms with Crippen molar-refractivity contribution in [3.8, 4) is 0 Å². The number of benzene rings is 1. The third-order valence-corrected chi connectivity index (χ3v) is 6.58. The Morgan fingerprint density at radius 2 is 1.88 bits per heavy atom. The fourth-order valence-electron chi connectivity index (χ4n) is 5.25. The summed E-state index contributed by atoms with van der Waals surface area (Å²) >= 11 is 0. The zero-order chi connectivity index (χ0) is 16.8. The minimum atomic E-state index is 0.591. The summed E-state index contributed by atoms with van der Waals surface area (Å²) in [5, 5.41) is 0. The van der Waals surface area contributed by atoms with E-state index < -0.39 is 0 Å². The van der Waals surface area contributed by atoms with Crippen molar-refractivity contribution < 1.29 is 0 Å². The highest BCUT2D eigenvalue weighted by atomic mass is 14.3. The van der Waals surface area contributed by atoms with Crippen LogP contribution in [-0.4, -0.2) is 0 Å². The molecule has 5 rings (SSSR count). The van der Waals surface area contributed by atoms with E-state index in [1.807, 2.05) is 0 Å². The number of hydrogen-bond donors (Lipinski definition) is 0. The summed E-state index contributed by atoms with van der Waals surface area (Å²) in [5.41, 5.74) is 11.0. The molecule has 0 nitrogen and oxygen atoms in total. The molecule has 0 saturated carbocycles. The highest BCUT2D eigenvalue weighted by Gasteiger charge is 2.30. The van der Waals surface area contributed by atoms with Gasteiger partial charge in [0.1, 0.15) is 0 Å². The lowest BCUT2D eigenvalue weighted by atomic mass is 9.77. The van der Waals surface area contributed by atoms with Crippen LogP contribution < -0.4 is 0 Å². The van der Waals surface area contributed by atoms with Gasteiger partial charge in [-0.15, -0.1) is 0 Å². The smallest absolute Gasteiger partial charge is 0.0242 e. The molecule has 0 saturated heterocycles. The van der Waals surface area contributed by atoms with E-state index in [4.69, 9.17) is 0 Å². The predicted octanol–water partition coefficient (Wildman–Crippen LogP) is 6.89. The Hall–Kier alpha value is -2.08. The van der Waals surface area contributed by atoms with Crippen molar-refractivity contribution in [1.29, 1.82) is 0 Å². The van der Waals surface area contributed by atoms with E-state index in [0.717, 1.165) is 0 Å². The van der Waals surface area contributed by atoms with Crippen LogP contribution in [0.2, 0.25) is 0 Å². The van der Waals surface area contributed by atoms with Crippen LogP contribution in [0.15, 0.2) is 76.4 Å². The first-order chi connectivity index (χ1) is 12.3. The quantitative estimate of drug-likeness (QED) is 0.567. The number of hydrogen-bond acceptors (Lipinski definition) is 0. The summed E-state index contributed by atoms with van der Waals surface area (Å²) < 4.78 is 0. The van der Waals surface area contributed by atoms with E-state index >= 15 is 0 Å². The minimum Gasteiger partial charge on any atom is -0.0764 e. The number of allylic oxidation sites excluding steroid dienone is 9. The van der Waals surface area contributed by atoms with E-state index in [2.05, 4.69) is 61.6 Å². The molecule has 0 amide bonds. The average molecular weight is 326 g/mol. The SMILES string of the molecule is CC1=CC2C(=C1CCC1C=Cc3ccccc31)C=CC1=C2CCCC1. The van der Waals surface area contributed by atoms with Gasteiger partial charge in [0.2, 0.25) is 0 Å². The maximum atomic E-state index is 2.55. The van der Waals surface area contributed by atoms with E-state index in [1.54, 1.807) is 22.3 Å². The van der Waals surface area contributed by atoms with Crippen LogP contribution in [0.25, 0.3) is 6.08 Å². The summed E-state index contributed by atoms with van der Waals surface area (Å²) in [4.78, 5) is 0. The highest BCUT2D eigenvalue weighted by Crippen LogP contribution is 2.46. The number of fused-ring (bicyclic) bond motifs is 3. The average Bonchev–Trinajstić information content (AvgIpc) is 3.20. The summed E-state index contributed by atoms with van der Waals surface area (Å²) in [6.45, 7) is 2.33. The van der Waals surface area contributed by atoms with Gasteiger partial charge in [-0.25, -0.2) is 0 Å². The predicted molar refractivity (Wildman–Crippen MR) is 106 cm³/mol. The van der Waals surface area contributed by atoms with Crippen LogP contribution in [0.1, 0.15) is 62.5 Å². The second-order valence-corrected chi connectivity index (χ2v) is 7.99. The van der Waals surface area contributed by atoms with Crippen molar-refractivity contribution in [3.05, 3.63) is 87.6 Å². The molecule has 0 radical (unpaired) electrons. The van der Waals surface area contributed by atoms with Crippen LogP contribution in [-0.2, 0) is 0 Å². The second-order valence-electron chi connectivity index (χ2n) is 7.99. The second kappa shape index (κ2) is 6.02. The van der Waals surface area contributed by atoms with Gasteiger partial charge in [0.05, 0.1) is 0 Å². The summed E-state index contributed by atoms with van der Waals surface area (Å²) in [6.07, 6.45) is 19.9. The Balaban J connectivity index is 1.39. The van der Waals surface area contributed by atoms with Crippen LogP contribution in [0.5, 0.6) is 0 Å². The van der Waals surface area contributed by atoms with Crippen LogP contribution in [0.3, 0.4) is 0 Å². The summed E-state index contributed by atoms with van der Waals surface area (Å²) in [5.74, 6) is 1.19. The van der Waals surface area contributed by atoms with Gasteiger partial charge in [-0.1, -0.05) is 65.8 Å². The molecule has 0 heteroatoms. The molecule has 0 aromatic heterocycles. The zero-order valence-corrected chi connectivity index (χ0v) is 15.1. The van der Waals surface area contributed by atoms with Gasteiger partial charge < -0.3 is 0 Å². The standard InChI is InChI=1S/C25H26/c1-17-16-25-23-9-5-3-7-19(23)13-15-24(25)21(17)14-12-20-11-10-18-6-2-4-8-22(18)20/h2,4,6,8,10-11,13,15-16,20,25H,3,5,7,9,12,14H2,1H3. The molecule has 126 valence electrons. The van der Waals surface area contributed by atoms with Gasteiger partial charge in [0.25, 0.3) is 0 Å². The minimum absolute atomic E-state index is 0.591. The molecule has 0 bridgehead atoms. The molecule has 4 aliphatic rings. The third-order valence-electron chi connectivity index (χ3n) is 6.58. The molecule has 0 aliphatic heterocycles. The maximum absolute atomic E-state index is 2.55. The molecule has 4 aliphatic carbocycles. The lowest BCUT2D eigenvalue weighted by Crippen LogP contribution is -2.12. The number of rotatable bonds is 3. The van der Waals surface area contributed by atoms with Gasteiger partial charge in [-0.05, 0) is 73.3 Å². The lowest BCUT2D eigenvalue weighted by molar-refractivity contribution is 0.636. The Bertz CT molecular complexity index is 869. The molecule has 0 heterocycles. The van der Waals surface area contributed by atoms with Gasteiger partial charge in [0.15, 0.2) is 0 Å². The van der Waals surface area contributed by atoms with Crippen molar-refractivity contribution in [2.45, 2.75) is 51.4 Å². The summed E-state index contributed by atoms with van der Waals surface area (Å²) in [6, 6.07) is 8.87. The zero-order valence-electron chi connectivity index (χ0n) is 15.1. The van der Waals surface area contributed by atoms with E-state index in [9.17, 15) is 0 Å². The first kappa shape index (κ1) is 15.2. The molecule has 25 heavy (non-hydrogen) atoms. The summed E-state index contributed by atoms with van der Waals surface area (Å²) in [7, 11) is 0. The van der Waals surface area contributed by atoms with E-state index in [1.165, 1.54) is 55.2 Å². The van der Waals surface area contributed by atoms with Crippen LogP contribution in [0.4, 0.5) is 0 Å². The first-order valence-corrected chi connectivity index (χ1v) is 9.90. The largest absolute Gasteiger partial charge is 0.0764 e. The van der Waals surface area contributed by atoms with Crippen molar-refractivity contribution in [2.75, 3.05) is 0 Å². The first-order valence-electron chi connectivity index (χ1n) is 9.90. The van der Waals surface area contributed by atoms with Gasteiger partial charge >= 0.3 is 0 Å². The van der Waals surface area contributed by atoms with Crippen LogP contribution >= 0.6 is 0 Å². The normalized spacial score (nSPS) is 26.7. The van der Waals surface area contributed by atoms with Crippen molar-refractivity contribution in [1.82, 2.24) is 0 Å². The van der Waals surface area contributed by atoms with Crippen molar-refractivity contribution in [3.63, 3.8) is 0 Å². The molecule has 0 spiro atoms. The topological polar surface area (TPSA) is 0 Å².